The van der Waals surface area contributed by atoms with Crippen LogP contribution in [0.4, 0.5) is 0 Å². The second kappa shape index (κ2) is 6.49. The molecule has 2 atom stereocenters. The van der Waals surface area contributed by atoms with Gasteiger partial charge in [-0.05, 0) is 37.3 Å². The van der Waals surface area contributed by atoms with Gasteiger partial charge in [0.05, 0.1) is 0 Å². The van der Waals surface area contributed by atoms with Crippen molar-refractivity contribution in [3.8, 4) is 0 Å². The van der Waals surface area contributed by atoms with Gasteiger partial charge in [0.25, 0.3) is 0 Å². The summed E-state index contributed by atoms with van der Waals surface area (Å²) in [5.74, 6) is 0.758. The van der Waals surface area contributed by atoms with Crippen LogP contribution in [0.15, 0.2) is 18.5 Å². The molecule has 1 saturated heterocycles. The maximum atomic E-state index is 4.30. The standard InChI is InChI=1S/C16H27N3/c1-12(2)5-16-11-19(14(4)8-18-16)10-15-6-13(3)7-17-9-15/h6-7,9,12,14,16,18H,5,8,10-11H2,1-4H3. The third kappa shape index (κ3) is 4.29. The van der Waals surface area contributed by atoms with Gasteiger partial charge < -0.3 is 5.32 Å². The molecule has 0 bridgehead atoms. The molecule has 0 saturated carbocycles. The molecule has 1 fully saturated rings. The van der Waals surface area contributed by atoms with E-state index in [1.54, 1.807) is 0 Å². The Morgan fingerprint density at radius 2 is 2.21 bits per heavy atom. The van der Waals surface area contributed by atoms with Gasteiger partial charge in [0.1, 0.15) is 0 Å². The van der Waals surface area contributed by atoms with Crippen LogP contribution >= 0.6 is 0 Å². The second-order valence-electron chi connectivity index (χ2n) is 6.38. The van der Waals surface area contributed by atoms with Crippen LogP contribution < -0.4 is 5.32 Å². The van der Waals surface area contributed by atoms with Crippen molar-refractivity contribution in [1.29, 1.82) is 0 Å². The fourth-order valence-corrected chi connectivity index (χ4v) is 2.88. The first kappa shape index (κ1) is 14.5. The number of rotatable bonds is 4. The molecule has 1 aromatic rings. The molecule has 2 rings (SSSR count). The Kier molecular flexibility index (Phi) is 4.94. The topological polar surface area (TPSA) is 28.2 Å². The van der Waals surface area contributed by atoms with Crippen molar-refractivity contribution < 1.29 is 0 Å². The minimum absolute atomic E-state index is 0.601. The lowest BCUT2D eigenvalue weighted by molar-refractivity contribution is 0.124. The molecule has 106 valence electrons. The van der Waals surface area contributed by atoms with Crippen LogP contribution in [-0.4, -0.2) is 35.1 Å². The largest absolute Gasteiger partial charge is 0.311 e. The molecule has 0 aliphatic carbocycles. The summed E-state index contributed by atoms with van der Waals surface area (Å²) in [5, 5.41) is 3.67. The Labute approximate surface area is 117 Å². The fourth-order valence-electron chi connectivity index (χ4n) is 2.88. The minimum Gasteiger partial charge on any atom is -0.311 e. The van der Waals surface area contributed by atoms with E-state index in [1.807, 2.05) is 12.4 Å². The molecule has 3 heteroatoms. The van der Waals surface area contributed by atoms with E-state index in [0.29, 0.717) is 12.1 Å². The number of hydrogen-bond acceptors (Lipinski definition) is 3. The van der Waals surface area contributed by atoms with Gasteiger partial charge in [0.15, 0.2) is 0 Å². The number of nitrogens with one attached hydrogen (secondary N) is 1. The van der Waals surface area contributed by atoms with Crippen LogP contribution in [0.3, 0.4) is 0 Å². The first-order valence-corrected chi connectivity index (χ1v) is 7.42. The number of hydrogen-bond donors (Lipinski definition) is 1. The van der Waals surface area contributed by atoms with Gasteiger partial charge in [-0.2, -0.15) is 0 Å². The summed E-state index contributed by atoms with van der Waals surface area (Å²) in [7, 11) is 0. The van der Waals surface area contributed by atoms with E-state index in [1.165, 1.54) is 17.5 Å². The summed E-state index contributed by atoms with van der Waals surface area (Å²) < 4.78 is 0. The summed E-state index contributed by atoms with van der Waals surface area (Å²) in [6, 6.07) is 3.48. The van der Waals surface area contributed by atoms with Crippen LogP contribution in [0.2, 0.25) is 0 Å². The van der Waals surface area contributed by atoms with Crippen LogP contribution in [0, 0.1) is 12.8 Å². The van der Waals surface area contributed by atoms with Gasteiger partial charge in [-0.3, -0.25) is 9.88 Å². The number of pyridine rings is 1. The molecule has 19 heavy (non-hydrogen) atoms. The third-order valence-electron chi connectivity index (χ3n) is 3.85. The molecule has 2 unspecified atom stereocenters. The highest BCUT2D eigenvalue weighted by Gasteiger charge is 2.25. The highest BCUT2D eigenvalue weighted by molar-refractivity contribution is 5.16. The normalized spacial score (nSPS) is 24.9. The van der Waals surface area contributed by atoms with E-state index in [9.17, 15) is 0 Å². The molecule has 0 amide bonds. The predicted molar refractivity (Wildman–Crippen MR) is 80.1 cm³/mol. The quantitative estimate of drug-likeness (QED) is 0.903. The van der Waals surface area contributed by atoms with Crippen molar-refractivity contribution >= 4 is 0 Å². The van der Waals surface area contributed by atoms with Gasteiger partial charge in [-0.1, -0.05) is 19.9 Å². The van der Waals surface area contributed by atoms with E-state index in [0.717, 1.165) is 25.6 Å². The Balaban J connectivity index is 1.97. The first-order valence-electron chi connectivity index (χ1n) is 7.42. The minimum atomic E-state index is 0.601. The predicted octanol–water partition coefficient (Wildman–Crippen LogP) is 2.60. The Morgan fingerprint density at radius 1 is 1.42 bits per heavy atom. The molecule has 0 radical (unpaired) electrons. The average molecular weight is 261 g/mol. The van der Waals surface area contributed by atoms with Crippen LogP contribution in [0.25, 0.3) is 0 Å². The highest BCUT2D eigenvalue weighted by atomic mass is 15.2. The third-order valence-corrected chi connectivity index (χ3v) is 3.85. The summed E-state index contributed by atoms with van der Waals surface area (Å²) in [6.45, 7) is 12.3. The zero-order valence-electron chi connectivity index (χ0n) is 12.7. The van der Waals surface area contributed by atoms with Crippen molar-refractivity contribution in [2.45, 2.75) is 52.7 Å². The van der Waals surface area contributed by atoms with Crippen molar-refractivity contribution in [1.82, 2.24) is 15.2 Å². The molecule has 0 aromatic carbocycles. The SMILES string of the molecule is Cc1cncc(CN2CC(CC(C)C)NCC2C)c1. The lowest BCUT2D eigenvalue weighted by Gasteiger charge is -2.39. The smallest absolute Gasteiger partial charge is 0.0313 e. The highest BCUT2D eigenvalue weighted by Crippen LogP contribution is 2.16. The Bertz CT molecular complexity index is 403. The molecule has 1 aliphatic heterocycles. The van der Waals surface area contributed by atoms with Crippen LogP contribution in [0.5, 0.6) is 0 Å². The van der Waals surface area contributed by atoms with Gasteiger partial charge in [0, 0.05) is 44.1 Å². The van der Waals surface area contributed by atoms with Gasteiger partial charge in [-0.25, -0.2) is 0 Å². The summed E-state index contributed by atoms with van der Waals surface area (Å²) in [6.07, 6.45) is 5.18. The van der Waals surface area contributed by atoms with Crippen molar-refractivity contribution in [2.24, 2.45) is 5.92 Å². The number of piperazine rings is 1. The molecule has 2 heterocycles. The molecule has 3 nitrogen and oxygen atoms in total. The second-order valence-corrected chi connectivity index (χ2v) is 6.38. The van der Waals surface area contributed by atoms with Gasteiger partial charge in [0.2, 0.25) is 0 Å². The molecule has 1 aromatic heterocycles. The first-order chi connectivity index (χ1) is 9.04. The van der Waals surface area contributed by atoms with Crippen molar-refractivity contribution in [3.63, 3.8) is 0 Å². The number of aryl methyl sites for hydroxylation is 1. The number of nitrogens with zero attached hydrogens (tertiary/aromatic N) is 2. The monoisotopic (exact) mass is 261 g/mol. The average Bonchev–Trinajstić information content (AvgIpc) is 2.33. The van der Waals surface area contributed by atoms with E-state index >= 15 is 0 Å². The van der Waals surface area contributed by atoms with E-state index < -0.39 is 0 Å². The Hall–Kier alpha value is -0.930. The van der Waals surface area contributed by atoms with E-state index in [-0.39, 0.29) is 0 Å². The maximum absolute atomic E-state index is 4.30. The van der Waals surface area contributed by atoms with Gasteiger partial charge in [-0.15, -0.1) is 0 Å². The summed E-state index contributed by atoms with van der Waals surface area (Å²) in [4.78, 5) is 6.88. The zero-order chi connectivity index (χ0) is 13.8. The lowest BCUT2D eigenvalue weighted by atomic mass is 9.99. The molecular formula is C16H27N3. The zero-order valence-corrected chi connectivity index (χ0v) is 12.7. The lowest BCUT2D eigenvalue weighted by Crippen LogP contribution is -2.55. The van der Waals surface area contributed by atoms with Crippen molar-refractivity contribution in [2.75, 3.05) is 13.1 Å². The van der Waals surface area contributed by atoms with Gasteiger partial charge >= 0.3 is 0 Å². The Morgan fingerprint density at radius 3 is 2.89 bits per heavy atom. The summed E-state index contributed by atoms with van der Waals surface area (Å²) in [5.41, 5.74) is 2.58. The molecule has 1 aliphatic rings. The molecule has 0 spiro atoms. The molecular weight excluding hydrogens is 234 g/mol. The maximum Gasteiger partial charge on any atom is 0.0313 e. The fraction of sp³-hybridized carbons (Fsp3) is 0.688. The van der Waals surface area contributed by atoms with Crippen molar-refractivity contribution in [3.05, 3.63) is 29.6 Å². The van der Waals surface area contributed by atoms with E-state index in [2.05, 4.69) is 49.0 Å². The number of aromatic nitrogens is 1. The van der Waals surface area contributed by atoms with Crippen LogP contribution in [-0.2, 0) is 6.54 Å². The molecule has 1 N–H and O–H groups in total. The van der Waals surface area contributed by atoms with E-state index in [4.69, 9.17) is 0 Å². The summed E-state index contributed by atoms with van der Waals surface area (Å²) >= 11 is 0. The van der Waals surface area contributed by atoms with Crippen LogP contribution in [0.1, 0.15) is 38.3 Å².